The van der Waals surface area contributed by atoms with Gasteiger partial charge in [0, 0.05) is 21.7 Å². The lowest BCUT2D eigenvalue weighted by Gasteiger charge is -2.19. The number of hydrogen-bond donors (Lipinski definition) is 2. The first-order chi connectivity index (χ1) is 9.10. The molecule has 2 rings (SSSR count). The lowest BCUT2D eigenvalue weighted by Crippen LogP contribution is -2.20. The molecule has 0 radical (unpaired) electrons. The summed E-state index contributed by atoms with van der Waals surface area (Å²) in [6.07, 6.45) is 0. The van der Waals surface area contributed by atoms with E-state index in [0.29, 0.717) is 6.54 Å². The molecular weight excluding hydrogens is 324 g/mol. The molecule has 2 aromatic rings. The number of aryl methyl sites for hydroxylation is 1. The fourth-order valence-electron chi connectivity index (χ4n) is 1.88. The molecule has 100 valence electrons. The Morgan fingerprint density at radius 2 is 2.05 bits per heavy atom. The highest BCUT2D eigenvalue weighted by atomic mass is 79.9. The Morgan fingerprint density at radius 3 is 2.68 bits per heavy atom. The average Bonchev–Trinajstić information content (AvgIpc) is 2.39. The normalized spacial score (nSPS) is 12.2. The van der Waals surface area contributed by atoms with E-state index in [4.69, 9.17) is 17.3 Å². The summed E-state index contributed by atoms with van der Waals surface area (Å²) in [4.78, 5) is 0. The van der Waals surface area contributed by atoms with Crippen LogP contribution in [0.2, 0.25) is 5.02 Å². The molecule has 0 bridgehead atoms. The standard InChI is InChI=1S/C15H16BrClN2/c1-10-5-6-11(7-14(10)17)15(9-18)19-13-4-2-3-12(16)8-13/h2-8,15,19H,9,18H2,1H3. The zero-order valence-electron chi connectivity index (χ0n) is 10.7. The second kappa shape index (κ2) is 6.42. The number of benzene rings is 2. The number of nitrogens with one attached hydrogen (secondary N) is 1. The van der Waals surface area contributed by atoms with E-state index in [1.165, 1.54) is 0 Å². The van der Waals surface area contributed by atoms with Crippen LogP contribution in [0.15, 0.2) is 46.9 Å². The number of rotatable bonds is 4. The minimum atomic E-state index is 0.0485. The molecule has 0 aromatic heterocycles. The Morgan fingerprint density at radius 1 is 1.26 bits per heavy atom. The fourth-order valence-corrected chi connectivity index (χ4v) is 2.47. The van der Waals surface area contributed by atoms with Crippen LogP contribution < -0.4 is 11.1 Å². The highest BCUT2D eigenvalue weighted by Crippen LogP contribution is 2.25. The number of nitrogens with two attached hydrogens (primary N) is 1. The predicted octanol–water partition coefficient (Wildman–Crippen LogP) is 4.52. The van der Waals surface area contributed by atoms with E-state index >= 15 is 0 Å². The molecule has 0 saturated heterocycles. The van der Waals surface area contributed by atoms with Gasteiger partial charge in [0.1, 0.15) is 0 Å². The third-order valence-electron chi connectivity index (χ3n) is 3.00. The van der Waals surface area contributed by atoms with Gasteiger partial charge in [-0.3, -0.25) is 0 Å². The maximum absolute atomic E-state index is 6.17. The van der Waals surface area contributed by atoms with Gasteiger partial charge >= 0.3 is 0 Å². The Labute approximate surface area is 127 Å². The van der Waals surface area contributed by atoms with Crippen LogP contribution in [0.5, 0.6) is 0 Å². The Kier molecular flexibility index (Phi) is 4.86. The molecule has 1 unspecified atom stereocenters. The van der Waals surface area contributed by atoms with Gasteiger partial charge < -0.3 is 11.1 Å². The third kappa shape index (κ3) is 3.72. The lowest BCUT2D eigenvalue weighted by atomic mass is 10.0. The summed E-state index contributed by atoms with van der Waals surface area (Å²) in [5, 5.41) is 4.19. The second-order valence-corrected chi connectivity index (χ2v) is 5.77. The maximum Gasteiger partial charge on any atom is 0.0636 e. The molecule has 0 fully saturated rings. The molecule has 3 N–H and O–H groups in total. The molecule has 0 aliphatic rings. The summed E-state index contributed by atoms with van der Waals surface area (Å²) >= 11 is 9.63. The van der Waals surface area contributed by atoms with Crippen LogP contribution in [0.25, 0.3) is 0 Å². The molecule has 0 aliphatic carbocycles. The van der Waals surface area contributed by atoms with Gasteiger partial charge in [0.15, 0.2) is 0 Å². The van der Waals surface area contributed by atoms with Crippen LogP contribution >= 0.6 is 27.5 Å². The van der Waals surface area contributed by atoms with Gasteiger partial charge in [-0.1, -0.05) is 45.7 Å². The molecule has 2 aromatic carbocycles. The molecule has 19 heavy (non-hydrogen) atoms. The van der Waals surface area contributed by atoms with E-state index in [1.54, 1.807) is 0 Å². The monoisotopic (exact) mass is 338 g/mol. The van der Waals surface area contributed by atoms with Crippen molar-refractivity contribution in [1.29, 1.82) is 0 Å². The first-order valence-electron chi connectivity index (χ1n) is 6.08. The molecule has 1 atom stereocenters. The van der Waals surface area contributed by atoms with Crippen molar-refractivity contribution in [3.05, 3.63) is 63.1 Å². The van der Waals surface area contributed by atoms with Gasteiger partial charge in [-0.2, -0.15) is 0 Å². The van der Waals surface area contributed by atoms with E-state index in [-0.39, 0.29) is 6.04 Å². The highest BCUT2D eigenvalue weighted by Gasteiger charge is 2.10. The highest BCUT2D eigenvalue weighted by molar-refractivity contribution is 9.10. The zero-order chi connectivity index (χ0) is 13.8. The lowest BCUT2D eigenvalue weighted by molar-refractivity contribution is 0.789. The molecule has 0 amide bonds. The Bertz CT molecular complexity index is 572. The largest absolute Gasteiger partial charge is 0.377 e. The van der Waals surface area contributed by atoms with Crippen LogP contribution in [-0.2, 0) is 0 Å². The van der Waals surface area contributed by atoms with Crippen molar-refractivity contribution < 1.29 is 0 Å². The van der Waals surface area contributed by atoms with Crippen LogP contribution in [0.4, 0.5) is 5.69 Å². The van der Waals surface area contributed by atoms with E-state index < -0.39 is 0 Å². The smallest absolute Gasteiger partial charge is 0.0636 e. The van der Waals surface area contributed by atoms with Gasteiger partial charge in [-0.05, 0) is 42.3 Å². The van der Waals surface area contributed by atoms with E-state index in [0.717, 1.165) is 26.3 Å². The summed E-state index contributed by atoms with van der Waals surface area (Å²) in [6.45, 7) is 2.50. The fraction of sp³-hybridized carbons (Fsp3) is 0.200. The number of hydrogen-bond acceptors (Lipinski definition) is 2. The van der Waals surface area contributed by atoms with Crippen molar-refractivity contribution in [3.8, 4) is 0 Å². The van der Waals surface area contributed by atoms with Crippen molar-refractivity contribution in [1.82, 2.24) is 0 Å². The van der Waals surface area contributed by atoms with Crippen LogP contribution in [0.1, 0.15) is 17.2 Å². The molecule has 0 heterocycles. The second-order valence-electron chi connectivity index (χ2n) is 4.45. The van der Waals surface area contributed by atoms with E-state index in [9.17, 15) is 0 Å². The SMILES string of the molecule is Cc1ccc(C(CN)Nc2cccc(Br)c2)cc1Cl. The maximum atomic E-state index is 6.17. The topological polar surface area (TPSA) is 38.0 Å². The molecule has 0 saturated carbocycles. The van der Waals surface area contributed by atoms with Gasteiger partial charge in [-0.15, -0.1) is 0 Å². The van der Waals surface area contributed by atoms with Crippen LogP contribution in [0, 0.1) is 6.92 Å². The minimum absolute atomic E-state index is 0.0485. The number of anilines is 1. The van der Waals surface area contributed by atoms with Gasteiger partial charge in [0.05, 0.1) is 6.04 Å². The zero-order valence-corrected chi connectivity index (χ0v) is 13.0. The van der Waals surface area contributed by atoms with Crippen LogP contribution in [0.3, 0.4) is 0 Å². The first-order valence-corrected chi connectivity index (χ1v) is 7.25. The molecule has 0 spiro atoms. The van der Waals surface area contributed by atoms with Crippen molar-refractivity contribution in [3.63, 3.8) is 0 Å². The van der Waals surface area contributed by atoms with Crippen molar-refractivity contribution in [2.24, 2.45) is 5.73 Å². The summed E-state index contributed by atoms with van der Waals surface area (Å²) in [5.41, 5.74) is 9.06. The van der Waals surface area contributed by atoms with Crippen molar-refractivity contribution >= 4 is 33.2 Å². The Balaban J connectivity index is 2.22. The van der Waals surface area contributed by atoms with Gasteiger partial charge in [-0.25, -0.2) is 0 Å². The molecule has 0 aliphatic heterocycles. The first kappa shape index (κ1) is 14.4. The molecular formula is C15H16BrClN2. The Hall–Kier alpha value is -1.03. The van der Waals surface area contributed by atoms with Crippen LogP contribution in [-0.4, -0.2) is 6.54 Å². The summed E-state index contributed by atoms with van der Waals surface area (Å²) in [5.74, 6) is 0. The third-order valence-corrected chi connectivity index (χ3v) is 3.90. The molecule has 2 nitrogen and oxygen atoms in total. The van der Waals surface area contributed by atoms with E-state index in [2.05, 4.69) is 27.3 Å². The predicted molar refractivity (Wildman–Crippen MR) is 85.7 cm³/mol. The van der Waals surface area contributed by atoms with Crippen molar-refractivity contribution in [2.45, 2.75) is 13.0 Å². The summed E-state index contributed by atoms with van der Waals surface area (Å²) < 4.78 is 1.04. The average molecular weight is 340 g/mol. The van der Waals surface area contributed by atoms with Crippen molar-refractivity contribution in [2.75, 3.05) is 11.9 Å². The number of halogens is 2. The summed E-state index contributed by atoms with van der Waals surface area (Å²) in [6, 6.07) is 14.1. The van der Waals surface area contributed by atoms with Gasteiger partial charge in [0.25, 0.3) is 0 Å². The molecule has 4 heteroatoms. The quantitative estimate of drug-likeness (QED) is 0.859. The minimum Gasteiger partial charge on any atom is -0.377 e. The summed E-state index contributed by atoms with van der Waals surface area (Å²) in [7, 11) is 0. The van der Waals surface area contributed by atoms with Gasteiger partial charge in [0.2, 0.25) is 0 Å². The van der Waals surface area contributed by atoms with E-state index in [1.807, 2.05) is 43.3 Å².